The van der Waals surface area contributed by atoms with Crippen LogP contribution in [0, 0.1) is 0 Å². The zero-order chi connectivity index (χ0) is 13.0. The van der Waals surface area contributed by atoms with Crippen LogP contribution in [0.2, 0.25) is 0 Å². The second kappa shape index (κ2) is 5.98. The highest BCUT2D eigenvalue weighted by molar-refractivity contribution is 7.11. The maximum absolute atomic E-state index is 9.68. The molecule has 1 heterocycles. The van der Waals surface area contributed by atoms with Crippen molar-refractivity contribution in [3.05, 3.63) is 45.9 Å². The normalized spacial score (nSPS) is 12.6. The first-order valence-electron chi connectivity index (χ1n) is 6.15. The van der Waals surface area contributed by atoms with Crippen LogP contribution in [0.25, 0.3) is 0 Å². The third-order valence-corrected chi connectivity index (χ3v) is 4.21. The Morgan fingerprint density at radius 3 is 2.83 bits per heavy atom. The second-order valence-corrected chi connectivity index (χ2v) is 5.40. The van der Waals surface area contributed by atoms with Crippen LogP contribution in [0.4, 0.5) is 0 Å². The number of aromatic hydroxyl groups is 1. The van der Waals surface area contributed by atoms with E-state index in [0.29, 0.717) is 12.3 Å². The van der Waals surface area contributed by atoms with Crippen molar-refractivity contribution in [2.24, 2.45) is 0 Å². The van der Waals surface area contributed by atoms with Crippen LogP contribution < -0.4 is 5.32 Å². The number of nitrogens with one attached hydrogen (secondary N) is 1. The van der Waals surface area contributed by atoms with Gasteiger partial charge >= 0.3 is 0 Å². The van der Waals surface area contributed by atoms with Crippen molar-refractivity contribution in [1.29, 1.82) is 0 Å². The average Bonchev–Trinajstić information content (AvgIpc) is 2.86. The zero-order valence-electron chi connectivity index (χ0n) is 10.7. The van der Waals surface area contributed by atoms with Crippen molar-refractivity contribution in [1.82, 2.24) is 10.3 Å². The number of nitrogens with zero attached hydrogens (tertiary/aromatic N) is 1. The lowest BCUT2D eigenvalue weighted by molar-refractivity contribution is 0.460. The van der Waals surface area contributed by atoms with Gasteiger partial charge in [-0.15, -0.1) is 11.3 Å². The molecule has 0 amide bonds. The Bertz CT molecular complexity index is 510. The fourth-order valence-corrected chi connectivity index (χ4v) is 2.58. The molecule has 0 spiro atoms. The summed E-state index contributed by atoms with van der Waals surface area (Å²) < 4.78 is 0. The molecule has 1 unspecified atom stereocenters. The number of rotatable bonds is 5. The molecule has 3 nitrogen and oxygen atoms in total. The number of hydrogen-bond acceptors (Lipinski definition) is 4. The molecular formula is C14H18N2OS. The van der Waals surface area contributed by atoms with Gasteiger partial charge in [0.15, 0.2) is 0 Å². The Balaban J connectivity index is 1.96. The van der Waals surface area contributed by atoms with Crippen molar-refractivity contribution in [2.75, 3.05) is 0 Å². The Hall–Kier alpha value is -1.39. The van der Waals surface area contributed by atoms with Gasteiger partial charge in [0.05, 0.1) is 6.04 Å². The zero-order valence-corrected chi connectivity index (χ0v) is 11.5. The molecule has 4 heteroatoms. The highest BCUT2D eigenvalue weighted by Gasteiger charge is 2.10. The van der Waals surface area contributed by atoms with E-state index in [4.69, 9.17) is 0 Å². The topological polar surface area (TPSA) is 45.2 Å². The summed E-state index contributed by atoms with van der Waals surface area (Å²) in [6, 6.07) is 7.60. The van der Waals surface area contributed by atoms with Crippen molar-refractivity contribution in [2.45, 2.75) is 32.9 Å². The molecule has 1 atom stereocenters. The monoisotopic (exact) mass is 262 g/mol. The number of hydrogen-bond donors (Lipinski definition) is 2. The van der Waals surface area contributed by atoms with Crippen molar-refractivity contribution < 1.29 is 5.11 Å². The summed E-state index contributed by atoms with van der Waals surface area (Å²) in [6.45, 7) is 4.88. The Morgan fingerprint density at radius 1 is 1.39 bits per heavy atom. The van der Waals surface area contributed by atoms with E-state index in [-0.39, 0.29) is 6.04 Å². The minimum atomic E-state index is 0.204. The molecule has 0 radical (unpaired) electrons. The highest BCUT2D eigenvalue weighted by Crippen LogP contribution is 2.22. The van der Waals surface area contributed by atoms with Crippen LogP contribution in [0.5, 0.6) is 5.75 Å². The standard InChI is InChI=1S/C14H18N2OS/c1-3-12-9-16-14(18-12)10(2)15-8-11-6-4-5-7-13(11)17/h4-7,9-10,15,17H,3,8H2,1-2H3. The molecule has 0 aliphatic rings. The largest absolute Gasteiger partial charge is 0.508 e. The van der Waals surface area contributed by atoms with Gasteiger partial charge in [-0.25, -0.2) is 4.98 Å². The van der Waals surface area contributed by atoms with E-state index < -0.39 is 0 Å². The van der Waals surface area contributed by atoms with E-state index in [0.717, 1.165) is 17.0 Å². The van der Waals surface area contributed by atoms with E-state index in [2.05, 4.69) is 24.1 Å². The molecule has 96 valence electrons. The van der Waals surface area contributed by atoms with Gasteiger partial charge in [-0.2, -0.15) is 0 Å². The van der Waals surface area contributed by atoms with Crippen LogP contribution in [0.1, 0.15) is 35.3 Å². The summed E-state index contributed by atoms with van der Waals surface area (Å²) >= 11 is 1.74. The first-order chi connectivity index (χ1) is 8.70. The van der Waals surface area contributed by atoms with Gasteiger partial charge in [0.2, 0.25) is 0 Å². The smallest absolute Gasteiger partial charge is 0.120 e. The Morgan fingerprint density at radius 2 is 2.17 bits per heavy atom. The molecule has 0 saturated carbocycles. The molecule has 1 aromatic carbocycles. The minimum Gasteiger partial charge on any atom is -0.508 e. The molecule has 0 fully saturated rings. The van der Waals surface area contributed by atoms with Crippen LogP contribution in [-0.2, 0) is 13.0 Å². The average molecular weight is 262 g/mol. The summed E-state index contributed by atoms with van der Waals surface area (Å²) in [6.07, 6.45) is 2.97. The number of aryl methyl sites for hydroxylation is 1. The van der Waals surface area contributed by atoms with Gasteiger partial charge in [-0.1, -0.05) is 25.1 Å². The fourth-order valence-electron chi connectivity index (χ4n) is 1.70. The molecule has 0 aliphatic carbocycles. The molecule has 18 heavy (non-hydrogen) atoms. The summed E-state index contributed by atoms with van der Waals surface area (Å²) in [7, 11) is 0. The summed E-state index contributed by atoms with van der Waals surface area (Å²) in [4.78, 5) is 5.72. The maximum atomic E-state index is 9.68. The number of thiazole rings is 1. The van der Waals surface area contributed by atoms with Crippen LogP contribution >= 0.6 is 11.3 Å². The maximum Gasteiger partial charge on any atom is 0.120 e. The Kier molecular flexibility index (Phi) is 4.33. The SMILES string of the molecule is CCc1cnc(C(C)NCc2ccccc2O)s1. The summed E-state index contributed by atoms with van der Waals surface area (Å²) in [5.74, 6) is 0.339. The predicted molar refractivity (Wildman–Crippen MR) is 74.9 cm³/mol. The van der Waals surface area contributed by atoms with Crippen molar-refractivity contribution >= 4 is 11.3 Å². The molecule has 0 bridgehead atoms. The first kappa shape index (κ1) is 13.1. The van der Waals surface area contributed by atoms with Crippen LogP contribution in [0.3, 0.4) is 0 Å². The van der Waals surface area contributed by atoms with Gasteiger partial charge in [0.25, 0.3) is 0 Å². The lowest BCUT2D eigenvalue weighted by atomic mass is 10.2. The molecule has 0 saturated heterocycles. The van der Waals surface area contributed by atoms with Gasteiger partial charge in [0, 0.05) is 23.2 Å². The number of phenolic OH excluding ortho intramolecular Hbond substituents is 1. The van der Waals surface area contributed by atoms with E-state index in [9.17, 15) is 5.11 Å². The van der Waals surface area contributed by atoms with Crippen molar-refractivity contribution in [3.63, 3.8) is 0 Å². The number of phenols is 1. The third kappa shape index (κ3) is 3.09. The van der Waals surface area contributed by atoms with Gasteiger partial charge in [-0.05, 0) is 19.4 Å². The fraction of sp³-hybridized carbons (Fsp3) is 0.357. The lowest BCUT2D eigenvalue weighted by Crippen LogP contribution is -2.17. The minimum absolute atomic E-state index is 0.204. The molecule has 2 aromatic rings. The Labute approximate surface area is 112 Å². The van der Waals surface area contributed by atoms with Crippen LogP contribution in [-0.4, -0.2) is 10.1 Å². The van der Waals surface area contributed by atoms with Gasteiger partial charge in [-0.3, -0.25) is 0 Å². The van der Waals surface area contributed by atoms with E-state index in [1.807, 2.05) is 24.4 Å². The first-order valence-corrected chi connectivity index (χ1v) is 6.97. The molecule has 2 N–H and O–H groups in total. The molecule has 2 rings (SSSR count). The predicted octanol–water partition coefficient (Wildman–Crippen LogP) is 3.26. The van der Waals surface area contributed by atoms with E-state index in [1.54, 1.807) is 17.4 Å². The van der Waals surface area contributed by atoms with Gasteiger partial charge in [0.1, 0.15) is 10.8 Å². The lowest BCUT2D eigenvalue weighted by Gasteiger charge is -2.11. The molecule has 1 aromatic heterocycles. The third-order valence-electron chi connectivity index (χ3n) is 2.88. The summed E-state index contributed by atoms with van der Waals surface area (Å²) in [5.41, 5.74) is 0.914. The molecule has 0 aliphatic heterocycles. The van der Waals surface area contributed by atoms with Crippen molar-refractivity contribution in [3.8, 4) is 5.75 Å². The molecular weight excluding hydrogens is 244 g/mol. The summed E-state index contributed by atoms with van der Waals surface area (Å²) in [5, 5.41) is 14.2. The number of para-hydroxylation sites is 1. The van der Waals surface area contributed by atoms with Crippen LogP contribution in [0.15, 0.2) is 30.5 Å². The number of aromatic nitrogens is 1. The quantitative estimate of drug-likeness (QED) is 0.869. The number of benzene rings is 1. The van der Waals surface area contributed by atoms with E-state index in [1.165, 1.54) is 4.88 Å². The van der Waals surface area contributed by atoms with Gasteiger partial charge < -0.3 is 10.4 Å². The van der Waals surface area contributed by atoms with E-state index >= 15 is 0 Å². The highest BCUT2D eigenvalue weighted by atomic mass is 32.1. The second-order valence-electron chi connectivity index (χ2n) is 4.25.